The molecule has 0 fully saturated rings. The molecular formula is C9H18N2O3. The van der Waals surface area contributed by atoms with Crippen LogP contribution in [0.2, 0.25) is 0 Å². The lowest BCUT2D eigenvalue weighted by Crippen LogP contribution is -2.36. The van der Waals surface area contributed by atoms with E-state index in [9.17, 15) is 9.59 Å². The van der Waals surface area contributed by atoms with Gasteiger partial charge in [0.1, 0.15) is 0 Å². The molecule has 0 bridgehead atoms. The van der Waals surface area contributed by atoms with Gasteiger partial charge in [-0.05, 0) is 12.8 Å². The number of carbonyl (C=O) groups excluding carboxylic acids is 2. The zero-order valence-corrected chi connectivity index (χ0v) is 8.75. The normalized spacial score (nSPS) is 9.64. The molecule has 5 heteroatoms. The van der Waals surface area contributed by atoms with Crippen LogP contribution in [0.1, 0.15) is 19.3 Å². The summed E-state index contributed by atoms with van der Waals surface area (Å²) in [6, 6.07) is 0. The SMILES string of the molecule is CNC(=O)CN(C)C(=O)CCCCO. The van der Waals surface area contributed by atoms with Crippen molar-refractivity contribution in [2.45, 2.75) is 19.3 Å². The van der Waals surface area contributed by atoms with Crippen LogP contribution < -0.4 is 5.32 Å². The number of aliphatic hydroxyl groups is 1. The second-order valence-electron chi connectivity index (χ2n) is 3.10. The molecule has 0 saturated heterocycles. The van der Waals surface area contributed by atoms with Gasteiger partial charge in [-0.3, -0.25) is 9.59 Å². The number of unbranched alkanes of at least 4 members (excludes halogenated alkanes) is 1. The van der Waals surface area contributed by atoms with Gasteiger partial charge in [0.05, 0.1) is 6.54 Å². The first kappa shape index (κ1) is 12.9. The number of nitrogens with zero attached hydrogens (tertiary/aromatic N) is 1. The minimum atomic E-state index is -0.178. The van der Waals surface area contributed by atoms with Crippen molar-refractivity contribution in [2.75, 3.05) is 27.2 Å². The van der Waals surface area contributed by atoms with Crippen molar-refractivity contribution < 1.29 is 14.7 Å². The quantitative estimate of drug-likeness (QED) is 0.562. The number of rotatable bonds is 6. The van der Waals surface area contributed by atoms with E-state index in [-0.39, 0.29) is 25.0 Å². The van der Waals surface area contributed by atoms with Crippen LogP contribution in [0.15, 0.2) is 0 Å². The predicted molar refractivity (Wildman–Crippen MR) is 52.6 cm³/mol. The molecule has 0 atom stereocenters. The minimum Gasteiger partial charge on any atom is -0.396 e. The second-order valence-corrected chi connectivity index (χ2v) is 3.10. The highest BCUT2D eigenvalue weighted by Gasteiger charge is 2.10. The van der Waals surface area contributed by atoms with Crippen LogP contribution in [-0.2, 0) is 9.59 Å². The summed E-state index contributed by atoms with van der Waals surface area (Å²) >= 11 is 0. The molecule has 0 unspecified atom stereocenters. The van der Waals surface area contributed by atoms with Gasteiger partial charge in [0.15, 0.2) is 0 Å². The van der Waals surface area contributed by atoms with Gasteiger partial charge in [-0.15, -0.1) is 0 Å². The summed E-state index contributed by atoms with van der Waals surface area (Å²) in [7, 11) is 3.13. The van der Waals surface area contributed by atoms with Crippen molar-refractivity contribution in [3.05, 3.63) is 0 Å². The lowest BCUT2D eigenvalue weighted by Gasteiger charge is -2.15. The summed E-state index contributed by atoms with van der Waals surface area (Å²) in [6.45, 7) is 0.195. The van der Waals surface area contributed by atoms with Gasteiger partial charge in [-0.25, -0.2) is 0 Å². The van der Waals surface area contributed by atoms with Crippen LogP contribution in [0.4, 0.5) is 0 Å². The number of nitrogens with one attached hydrogen (secondary N) is 1. The monoisotopic (exact) mass is 202 g/mol. The van der Waals surface area contributed by atoms with Crippen molar-refractivity contribution in [1.29, 1.82) is 0 Å². The van der Waals surface area contributed by atoms with E-state index in [0.717, 1.165) is 0 Å². The Morgan fingerprint density at radius 2 is 2.00 bits per heavy atom. The third-order valence-electron chi connectivity index (χ3n) is 1.88. The molecule has 0 aromatic carbocycles. The van der Waals surface area contributed by atoms with E-state index in [1.807, 2.05) is 0 Å². The van der Waals surface area contributed by atoms with Gasteiger partial charge in [0.25, 0.3) is 0 Å². The summed E-state index contributed by atoms with van der Waals surface area (Å²) in [5.74, 6) is -0.245. The molecule has 14 heavy (non-hydrogen) atoms. The number of carbonyl (C=O) groups is 2. The zero-order chi connectivity index (χ0) is 11.0. The maximum atomic E-state index is 11.3. The number of aliphatic hydroxyl groups excluding tert-OH is 1. The molecule has 0 saturated carbocycles. The van der Waals surface area contributed by atoms with Gasteiger partial charge >= 0.3 is 0 Å². The Labute approximate surface area is 84.1 Å². The molecule has 0 spiro atoms. The van der Waals surface area contributed by atoms with E-state index in [4.69, 9.17) is 5.11 Å². The topological polar surface area (TPSA) is 69.6 Å². The fourth-order valence-corrected chi connectivity index (χ4v) is 0.962. The summed E-state index contributed by atoms with van der Waals surface area (Å²) in [6.07, 6.45) is 1.67. The van der Waals surface area contributed by atoms with Crippen LogP contribution in [0.25, 0.3) is 0 Å². The van der Waals surface area contributed by atoms with Gasteiger partial charge < -0.3 is 15.3 Å². The zero-order valence-electron chi connectivity index (χ0n) is 8.75. The standard InChI is InChI=1S/C9H18N2O3/c1-10-8(13)7-11(2)9(14)5-3-4-6-12/h12H,3-7H2,1-2H3,(H,10,13). The van der Waals surface area contributed by atoms with Crippen molar-refractivity contribution in [3.8, 4) is 0 Å². The molecule has 2 amide bonds. The maximum Gasteiger partial charge on any atom is 0.239 e. The van der Waals surface area contributed by atoms with Crippen molar-refractivity contribution >= 4 is 11.8 Å². The molecule has 0 aliphatic carbocycles. The largest absolute Gasteiger partial charge is 0.396 e. The fourth-order valence-electron chi connectivity index (χ4n) is 0.962. The summed E-state index contributed by atoms with van der Waals surface area (Å²) < 4.78 is 0. The lowest BCUT2D eigenvalue weighted by molar-refractivity contribution is -0.134. The Hall–Kier alpha value is -1.10. The van der Waals surface area contributed by atoms with Gasteiger partial charge in [0.2, 0.25) is 11.8 Å². The predicted octanol–water partition coefficient (Wildman–Crippen LogP) is -0.647. The van der Waals surface area contributed by atoms with Gasteiger partial charge in [0, 0.05) is 27.1 Å². The van der Waals surface area contributed by atoms with E-state index in [1.165, 1.54) is 11.9 Å². The van der Waals surface area contributed by atoms with Crippen LogP contribution in [0, 0.1) is 0 Å². The highest BCUT2D eigenvalue weighted by Crippen LogP contribution is 1.98. The Morgan fingerprint density at radius 1 is 1.36 bits per heavy atom. The van der Waals surface area contributed by atoms with Crippen LogP contribution in [0.3, 0.4) is 0 Å². The average Bonchev–Trinajstić information content (AvgIpc) is 2.17. The molecule has 0 rings (SSSR count). The van der Waals surface area contributed by atoms with Crippen molar-refractivity contribution in [2.24, 2.45) is 0 Å². The Morgan fingerprint density at radius 3 is 2.50 bits per heavy atom. The van der Waals surface area contributed by atoms with Crippen LogP contribution >= 0.6 is 0 Å². The third kappa shape index (κ3) is 5.53. The molecule has 0 radical (unpaired) electrons. The average molecular weight is 202 g/mol. The maximum absolute atomic E-state index is 11.3. The van der Waals surface area contributed by atoms with Crippen LogP contribution in [0.5, 0.6) is 0 Å². The van der Waals surface area contributed by atoms with E-state index >= 15 is 0 Å². The first-order valence-electron chi connectivity index (χ1n) is 4.67. The third-order valence-corrected chi connectivity index (χ3v) is 1.88. The molecule has 2 N–H and O–H groups in total. The van der Waals surface area contributed by atoms with Crippen molar-refractivity contribution in [1.82, 2.24) is 10.2 Å². The highest BCUT2D eigenvalue weighted by molar-refractivity contribution is 5.84. The van der Waals surface area contributed by atoms with E-state index in [2.05, 4.69) is 5.32 Å². The first-order valence-corrected chi connectivity index (χ1v) is 4.67. The van der Waals surface area contributed by atoms with E-state index < -0.39 is 0 Å². The lowest BCUT2D eigenvalue weighted by atomic mass is 10.2. The molecule has 0 aromatic rings. The van der Waals surface area contributed by atoms with Gasteiger partial charge in [-0.2, -0.15) is 0 Å². The van der Waals surface area contributed by atoms with Crippen LogP contribution in [-0.4, -0.2) is 49.1 Å². The number of likely N-dealkylation sites (N-methyl/N-ethyl adjacent to an activating group) is 2. The molecule has 0 aromatic heterocycles. The first-order chi connectivity index (χ1) is 6.61. The number of hydrogen-bond donors (Lipinski definition) is 2. The Bertz CT molecular complexity index is 194. The van der Waals surface area contributed by atoms with Gasteiger partial charge in [-0.1, -0.05) is 0 Å². The molecule has 82 valence electrons. The molecule has 0 heterocycles. The summed E-state index contributed by atoms with van der Waals surface area (Å²) in [5, 5.41) is 11.0. The Balaban J connectivity index is 3.70. The molecule has 0 aliphatic rings. The Kier molecular flexibility index (Phi) is 6.74. The van der Waals surface area contributed by atoms with E-state index in [0.29, 0.717) is 19.3 Å². The second kappa shape index (κ2) is 7.32. The van der Waals surface area contributed by atoms with E-state index in [1.54, 1.807) is 7.05 Å². The summed E-state index contributed by atoms with van der Waals surface area (Å²) in [5.41, 5.74) is 0. The fraction of sp³-hybridized carbons (Fsp3) is 0.778. The number of hydrogen-bond acceptors (Lipinski definition) is 3. The minimum absolute atomic E-state index is 0.0675. The smallest absolute Gasteiger partial charge is 0.239 e. The molecule has 5 nitrogen and oxygen atoms in total. The molecular weight excluding hydrogens is 184 g/mol. The van der Waals surface area contributed by atoms with Crippen molar-refractivity contribution in [3.63, 3.8) is 0 Å². The number of amides is 2. The molecule has 0 aliphatic heterocycles. The summed E-state index contributed by atoms with van der Waals surface area (Å²) in [4.78, 5) is 23.6. The highest BCUT2D eigenvalue weighted by atomic mass is 16.3.